The summed E-state index contributed by atoms with van der Waals surface area (Å²) in [5, 5.41) is 10.5. The molecule has 0 aliphatic heterocycles. The molecule has 1 fully saturated rings. The van der Waals surface area contributed by atoms with Crippen molar-refractivity contribution in [2.75, 3.05) is 5.32 Å². The zero-order valence-electron chi connectivity index (χ0n) is 12.6. The lowest BCUT2D eigenvalue weighted by Crippen LogP contribution is -2.25. The van der Waals surface area contributed by atoms with E-state index >= 15 is 0 Å². The molecule has 116 valence electrons. The first-order chi connectivity index (χ1) is 11.3. The third-order valence-electron chi connectivity index (χ3n) is 3.90. The summed E-state index contributed by atoms with van der Waals surface area (Å²) in [4.78, 5) is 16.2. The third-order valence-corrected chi connectivity index (χ3v) is 3.90. The molecular weight excluding hydrogens is 290 g/mol. The second kappa shape index (κ2) is 5.72. The maximum absolute atomic E-state index is 11.9. The molecule has 0 spiro atoms. The summed E-state index contributed by atoms with van der Waals surface area (Å²) in [6.07, 6.45) is 7.54. The van der Waals surface area contributed by atoms with Gasteiger partial charge in [0.25, 0.3) is 5.91 Å². The fourth-order valence-electron chi connectivity index (χ4n) is 2.44. The molecule has 0 bridgehead atoms. The first-order valence-corrected chi connectivity index (χ1v) is 7.71. The zero-order chi connectivity index (χ0) is 15.6. The van der Waals surface area contributed by atoms with Gasteiger partial charge in [-0.25, -0.2) is 9.50 Å². The van der Waals surface area contributed by atoms with Crippen molar-refractivity contribution in [1.29, 1.82) is 0 Å². The van der Waals surface area contributed by atoms with Gasteiger partial charge in [0.1, 0.15) is 5.82 Å². The Bertz CT molecular complexity index is 836. The average Bonchev–Trinajstić information content (AvgIpc) is 3.31. The summed E-state index contributed by atoms with van der Waals surface area (Å²) in [5.41, 5.74) is 2.77. The van der Waals surface area contributed by atoms with E-state index in [1.165, 1.54) is 0 Å². The van der Waals surface area contributed by atoms with Gasteiger partial charge in [-0.05, 0) is 37.1 Å². The van der Waals surface area contributed by atoms with Crippen molar-refractivity contribution in [2.24, 2.45) is 0 Å². The molecule has 0 saturated heterocycles. The molecule has 1 aliphatic rings. The molecule has 3 aromatic rings. The van der Waals surface area contributed by atoms with E-state index in [1.807, 2.05) is 41.2 Å². The second-order valence-electron chi connectivity index (χ2n) is 5.73. The number of pyridine rings is 2. The van der Waals surface area contributed by atoms with Crippen LogP contribution < -0.4 is 10.6 Å². The van der Waals surface area contributed by atoms with Crippen LogP contribution in [0.5, 0.6) is 0 Å². The number of anilines is 1. The van der Waals surface area contributed by atoms with Gasteiger partial charge in [-0.2, -0.15) is 5.10 Å². The van der Waals surface area contributed by atoms with Crippen molar-refractivity contribution in [3.05, 3.63) is 60.0 Å². The lowest BCUT2D eigenvalue weighted by atomic mass is 10.2. The average molecular weight is 307 g/mol. The largest absolute Gasteiger partial charge is 0.366 e. The number of hydrogen-bond acceptors (Lipinski definition) is 4. The normalized spacial score (nSPS) is 13.9. The van der Waals surface area contributed by atoms with Gasteiger partial charge in [0.15, 0.2) is 0 Å². The summed E-state index contributed by atoms with van der Waals surface area (Å²) in [7, 11) is 0. The van der Waals surface area contributed by atoms with E-state index in [2.05, 4.69) is 20.7 Å². The molecule has 4 rings (SSSR count). The van der Waals surface area contributed by atoms with E-state index < -0.39 is 0 Å². The Labute approximate surface area is 133 Å². The van der Waals surface area contributed by atoms with Gasteiger partial charge in [-0.15, -0.1) is 0 Å². The number of aromatic nitrogens is 3. The molecule has 1 saturated carbocycles. The Morgan fingerprint density at radius 3 is 2.91 bits per heavy atom. The molecule has 1 aliphatic carbocycles. The fourth-order valence-corrected chi connectivity index (χ4v) is 2.44. The topological polar surface area (TPSA) is 71.3 Å². The van der Waals surface area contributed by atoms with Crippen LogP contribution >= 0.6 is 0 Å². The standard InChI is InChI=1S/C17H17N5O/c23-17(21-14-5-6-14)12-4-7-16(18-9-12)19-10-13-11-20-22-8-2-1-3-15(13)22/h1-4,7-9,11,14H,5-6,10H2,(H,18,19)(H,21,23). The summed E-state index contributed by atoms with van der Waals surface area (Å²) in [6, 6.07) is 9.95. The van der Waals surface area contributed by atoms with Crippen LogP contribution in [-0.4, -0.2) is 26.5 Å². The molecule has 6 nitrogen and oxygen atoms in total. The van der Waals surface area contributed by atoms with Crippen LogP contribution in [0.3, 0.4) is 0 Å². The first kappa shape index (κ1) is 13.8. The van der Waals surface area contributed by atoms with Gasteiger partial charge in [0, 0.05) is 30.5 Å². The number of hydrogen-bond donors (Lipinski definition) is 2. The highest BCUT2D eigenvalue weighted by molar-refractivity contribution is 5.94. The molecular formula is C17H17N5O. The van der Waals surface area contributed by atoms with Gasteiger partial charge in [0.05, 0.1) is 17.3 Å². The highest BCUT2D eigenvalue weighted by Crippen LogP contribution is 2.19. The van der Waals surface area contributed by atoms with Crippen molar-refractivity contribution in [3.63, 3.8) is 0 Å². The van der Waals surface area contributed by atoms with Crippen LogP contribution in [0.2, 0.25) is 0 Å². The maximum atomic E-state index is 11.9. The van der Waals surface area contributed by atoms with Gasteiger partial charge >= 0.3 is 0 Å². The number of carbonyl (C=O) groups excluding carboxylic acids is 1. The minimum absolute atomic E-state index is 0.0471. The Kier molecular flexibility index (Phi) is 3.42. The first-order valence-electron chi connectivity index (χ1n) is 7.71. The highest BCUT2D eigenvalue weighted by atomic mass is 16.1. The molecule has 0 atom stereocenters. The maximum Gasteiger partial charge on any atom is 0.253 e. The molecule has 3 aromatic heterocycles. The highest BCUT2D eigenvalue weighted by Gasteiger charge is 2.23. The molecule has 6 heteroatoms. The quantitative estimate of drug-likeness (QED) is 0.758. The van der Waals surface area contributed by atoms with Gasteiger partial charge in [-0.3, -0.25) is 4.79 Å². The SMILES string of the molecule is O=C(NC1CC1)c1ccc(NCc2cnn3ccccc23)nc1. The van der Waals surface area contributed by atoms with Crippen LogP contribution in [0.15, 0.2) is 48.9 Å². The van der Waals surface area contributed by atoms with E-state index in [9.17, 15) is 4.79 Å². The fraction of sp³-hybridized carbons (Fsp3) is 0.235. The predicted octanol–water partition coefficient (Wildman–Crippen LogP) is 2.23. The van der Waals surface area contributed by atoms with Crippen LogP contribution in [0.25, 0.3) is 5.52 Å². The Hall–Kier alpha value is -2.89. The Morgan fingerprint density at radius 2 is 2.13 bits per heavy atom. The molecule has 2 N–H and O–H groups in total. The monoisotopic (exact) mass is 307 g/mol. The van der Waals surface area contributed by atoms with Crippen molar-refractivity contribution >= 4 is 17.2 Å². The van der Waals surface area contributed by atoms with E-state index in [-0.39, 0.29) is 5.91 Å². The predicted molar refractivity (Wildman–Crippen MR) is 87.2 cm³/mol. The number of nitrogens with one attached hydrogen (secondary N) is 2. The molecule has 3 heterocycles. The number of fused-ring (bicyclic) bond motifs is 1. The van der Waals surface area contributed by atoms with E-state index in [0.29, 0.717) is 18.2 Å². The summed E-state index contributed by atoms with van der Waals surface area (Å²) in [5.74, 6) is 0.692. The van der Waals surface area contributed by atoms with E-state index in [0.717, 1.165) is 29.7 Å². The van der Waals surface area contributed by atoms with Crippen LogP contribution in [0.4, 0.5) is 5.82 Å². The Morgan fingerprint density at radius 1 is 1.22 bits per heavy atom. The number of amides is 1. The molecule has 0 aromatic carbocycles. The summed E-state index contributed by atoms with van der Waals surface area (Å²) < 4.78 is 1.84. The van der Waals surface area contributed by atoms with Crippen LogP contribution in [0.1, 0.15) is 28.8 Å². The van der Waals surface area contributed by atoms with Crippen LogP contribution in [0, 0.1) is 0 Å². The van der Waals surface area contributed by atoms with Gasteiger partial charge in [-0.1, -0.05) is 6.07 Å². The third kappa shape index (κ3) is 3.01. The van der Waals surface area contributed by atoms with Gasteiger partial charge < -0.3 is 10.6 Å². The van der Waals surface area contributed by atoms with Crippen molar-refractivity contribution < 1.29 is 4.79 Å². The minimum Gasteiger partial charge on any atom is -0.366 e. The molecule has 0 radical (unpaired) electrons. The molecule has 1 amide bonds. The molecule has 23 heavy (non-hydrogen) atoms. The zero-order valence-corrected chi connectivity index (χ0v) is 12.6. The van der Waals surface area contributed by atoms with Crippen molar-refractivity contribution in [1.82, 2.24) is 19.9 Å². The molecule has 0 unspecified atom stereocenters. The van der Waals surface area contributed by atoms with Gasteiger partial charge in [0.2, 0.25) is 0 Å². The number of nitrogens with zero attached hydrogens (tertiary/aromatic N) is 3. The summed E-state index contributed by atoms with van der Waals surface area (Å²) >= 11 is 0. The number of carbonyl (C=O) groups is 1. The summed E-state index contributed by atoms with van der Waals surface area (Å²) in [6.45, 7) is 0.633. The second-order valence-corrected chi connectivity index (χ2v) is 5.73. The lowest BCUT2D eigenvalue weighted by molar-refractivity contribution is 0.0951. The van der Waals surface area contributed by atoms with E-state index in [4.69, 9.17) is 0 Å². The minimum atomic E-state index is -0.0471. The Balaban J connectivity index is 1.41. The van der Waals surface area contributed by atoms with E-state index in [1.54, 1.807) is 12.3 Å². The van der Waals surface area contributed by atoms with Crippen LogP contribution in [-0.2, 0) is 6.54 Å². The smallest absolute Gasteiger partial charge is 0.253 e. The number of rotatable bonds is 5. The lowest BCUT2D eigenvalue weighted by Gasteiger charge is -2.06. The van der Waals surface area contributed by atoms with Crippen molar-refractivity contribution in [3.8, 4) is 0 Å². The van der Waals surface area contributed by atoms with Crippen molar-refractivity contribution in [2.45, 2.75) is 25.4 Å².